The van der Waals surface area contributed by atoms with Crippen LogP contribution in [0.3, 0.4) is 0 Å². The quantitative estimate of drug-likeness (QED) is 0.851. The predicted molar refractivity (Wildman–Crippen MR) is 64.8 cm³/mol. The second kappa shape index (κ2) is 4.99. The maximum absolute atomic E-state index is 5.99. The van der Waals surface area contributed by atoms with Crippen LogP contribution in [0.15, 0.2) is 12.3 Å². The molecule has 2 heterocycles. The van der Waals surface area contributed by atoms with Crippen molar-refractivity contribution in [1.29, 1.82) is 0 Å². The standard InChI is InChI=1S/C11H16ClN3O/c1-8-7-16-3-2-15(8)11-4-9(5-13)10(12)6-14-11/h4,6,8H,2-3,5,7,13H2,1H3. The summed E-state index contributed by atoms with van der Waals surface area (Å²) in [5, 5.41) is 0.632. The molecule has 5 heteroatoms. The normalized spacial score (nSPS) is 21.2. The molecule has 0 spiro atoms. The van der Waals surface area contributed by atoms with Crippen LogP contribution in [0.5, 0.6) is 0 Å². The zero-order valence-corrected chi connectivity index (χ0v) is 10.1. The zero-order chi connectivity index (χ0) is 11.5. The number of morpholine rings is 1. The van der Waals surface area contributed by atoms with E-state index in [0.717, 1.165) is 31.1 Å². The van der Waals surface area contributed by atoms with Gasteiger partial charge in [-0.1, -0.05) is 11.6 Å². The van der Waals surface area contributed by atoms with Crippen molar-refractivity contribution < 1.29 is 4.74 Å². The molecule has 1 atom stereocenters. The van der Waals surface area contributed by atoms with E-state index in [0.29, 0.717) is 17.6 Å². The van der Waals surface area contributed by atoms with E-state index < -0.39 is 0 Å². The van der Waals surface area contributed by atoms with Crippen molar-refractivity contribution in [3.8, 4) is 0 Å². The highest BCUT2D eigenvalue weighted by Crippen LogP contribution is 2.22. The van der Waals surface area contributed by atoms with Gasteiger partial charge >= 0.3 is 0 Å². The van der Waals surface area contributed by atoms with Crippen molar-refractivity contribution >= 4 is 17.4 Å². The van der Waals surface area contributed by atoms with E-state index in [9.17, 15) is 0 Å². The van der Waals surface area contributed by atoms with Gasteiger partial charge in [-0.2, -0.15) is 0 Å². The van der Waals surface area contributed by atoms with Crippen LogP contribution >= 0.6 is 11.6 Å². The summed E-state index contributed by atoms with van der Waals surface area (Å²) in [5.41, 5.74) is 6.56. The predicted octanol–water partition coefficient (Wildman–Crippen LogP) is 1.42. The first kappa shape index (κ1) is 11.6. The van der Waals surface area contributed by atoms with Crippen LogP contribution in [0, 0.1) is 0 Å². The molecule has 1 aliphatic rings. The summed E-state index contributed by atoms with van der Waals surface area (Å²) in [7, 11) is 0. The molecule has 88 valence electrons. The van der Waals surface area contributed by atoms with Crippen LogP contribution in [-0.2, 0) is 11.3 Å². The van der Waals surface area contributed by atoms with E-state index in [4.69, 9.17) is 22.1 Å². The summed E-state index contributed by atoms with van der Waals surface area (Å²) in [6.07, 6.45) is 1.67. The SMILES string of the molecule is CC1COCCN1c1cc(CN)c(Cl)cn1. The van der Waals surface area contributed by atoms with E-state index in [1.165, 1.54) is 0 Å². The Morgan fingerprint density at radius 2 is 2.50 bits per heavy atom. The Kier molecular flexibility index (Phi) is 3.63. The first-order valence-electron chi connectivity index (χ1n) is 5.41. The summed E-state index contributed by atoms with van der Waals surface area (Å²) >= 11 is 5.99. The molecular formula is C11H16ClN3O. The van der Waals surface area contributed by atoms with Crippen LogP contribution in [0.4, 0.5) is 5.82 Å². The van der Waals surface area contributed by atoms with E-state index in [-0.39, 0.29) is 0 Å². The Morgan fingerprint density at radius 3 is 3.19 bits per heavy atom. The van der Waals surface area contributed by atoms with Crippen molar-refractivity contribution in [2.24, 2.45) is 5.73 Å². The third-order valence-corrected chi connectivity index (χ3v) is 3.14. The lowest BCUT2D eigenvalue weighted by Crippen LogP contribution is -2.44. The molecule has 0 aliphatic carbocycles. The zero-order valence-electron chi connectivity index (χ0n) is 9.32. The largest absolute Gasteiger partial charge is 0.377 e. The molecule has 0 amide bonds. The average molecular weight is 242 g/mol. The molecule has 2 rings (SSSR count). The third-order valence-electron chi connectivity index (χ3n) is 2.80. The van der Waals surface area contributed by atoms with Gasteiger partial charge in [0, 0.05) is 19.3 Å². The summed E-state index contributed by atoms with van der Waals surface area (Å²) in [4.78, 5) is 6.57. The van der Waals surface area contributed by atoms with Crippen molar-refractivity contribution in [2.45, 2.75) is 19.5 Å². The van der Waals surface area contributed by atoms with Gasteiger partial charge in [-0.15, -0.1) is 0 Å². The molecule has 0 radical (unpaired) electrons. The van der Waals surface area contributed by atoms with Gasteiger partial charge in [-0.05, 0) is 18.6 Å². The van der Waals surface area contributed by atoms with Gasteiger partial charge < -0.3 is 15.4 Å². The van der Waals surface area contributed by atoms with Crippen LogP contribution < -0.4 is 10.6 Å². The lowest BCUT2D eigenvalue weighted by molar-refractivity contribution is 0.0985. The van der Waals surface area contributed by atoms with Crippen molar-refractivity contribution in [3.63, 3.8) is 0 Å². The van der Waals surface area contributed by atoms with E-state index >= 15 is 0 Å². The lowest BCUT2D eigenvalue weighted by atomic mass is 10.2. The molecule has 0 aromatic carbocycles. The monoisotopic (exact) mass is 241 g/mol. The first-order chi connectivity index (χ1) is 7.72. The minimum atomic E-state index is 0.341. The van der Waals surface area contributed by atoms with Crippen LogP contribution in [-0.4, -0.2) is 30.8 Å². The minimum Gasteiger partial charge on any atom is -0.377 e. The molecule has 4 nitrogen and oxygen atoms in total. The van der Waals surface area contributed by atoms with E-state index in [1.54, 1.807) is 6.20 Å². The number of halogens is 1. The average Bonchev–Trinajstić information content (AvgIpc) is 2.31. The second-order valence-electron chi connectivity index (χ2n) is 3.96. The molecule has 1 aromatic heterocycles. The number of rotatable bonds is 2. The topological polar surface area (TPSA) is 51.4 Å². The third kappa shape index (κ3) is 2.29. The van der Waals surface area contributed by atoms with Gasteiger partial charge in [0.05, 0.1) is 24.3 Å². The maximum Gasteiger partial charge on any atom is 0.129 e. The highest BCUT2D eigenvalue weighted by atomic mass is 35.5. The number of hydrogen-bond donors (Lipinski definition) is 1. The fourth-order valence-corrected chi connectivity index (χ4v) is 2.03. The molecule has 1 unspecified atom stereocenters. The number of ether oxygens (including phenoxy) is 1. The highest BCUT2D eigenvalue weighted by molar-refractivity contribution is 6.31. The molecule has 0 saturated carbocycles. The van der Waals surface area contributed by atoms with Gasteiger partial charge in [0.25, 0.3) is 0 Å². The highest BCUT2D eigenvalue weighted by Gasteiger charge is 2.20. The molecule has 16 heavy (non-hydrogen) atoms. The fourth-order valence-electron chi connectivity index (χ4n) is 1.85. The smallest absolute Gasteiger partial charge is 0.129 e. The second-order valence-corrected chi connectivity index (χ2v) is 4.36. The van der Waals surface area contributed by atoms with Gasteiger partial charge in [0.2, 0.25) is 0 Å². The summed E-state index contributed by atoms with van der Waals surface area (Å²) < 4.78 is 5.39. The molecule has 0 bridgehead atoms. The Morgan fingerprint density at radius 1 is 1.69 bits per heavy atom. The molecule has 1 aliphatic heterocycles. The maximum atomic E-state index is 5.99. The fraction of sp³-hybridized carbons (Fsp3) is 0.545. The Balaban J connectivity index is 2.25. The van der Waals surface area contributed by atoms with Crippen molar-refractivity contribution in [2.75, 3.05) is 24.7 Å². The number of aromatic nitrogens is 1. The van der Waals surface area contributed by atoms with Crippen LogP contribution in [0.25, 0.3) is 0 Å². The molecule has 1 aromatic rings. The van der Waals surface area contributed by atoms with E-state index in [2.05, 4.69) is 16.8 Å². The number of nitrogens with two attached hydrogens (primary N) is 1. The Labute approximate surface area is 100 Å². The van der Waals surface area contributed by atoms with Gasteiger partial charge in [0.15, 0.2) is 0 Å². The van der Waals surface area contributed by atoms with Gasteiger partial charge in [0.1, 0.15) is 5.82 Å². The summed E-state index contributed by atoms with van der Waals surface area (Å²) in [5.74, 6) is 0.931. The van der Waals surface area contributed by atoms with Crippen LogP contribution in [0.1, 0.15) is 12.5 Å². The molecule has 1 saturated heterocycles. The lowest BCUT2D eigenvalue weighted by Gasteiger charge is -2.34. The number of hydrogen-bond acceptors (Lipinski definition) is 4. The van der Waals surface area contributed by atoms with Gasteiger partial charge in [-0.3, -0.25) is 0 Å². The number of pyridine rings is 1. The molecule has 2 N–H and O–H groups in total. The number of nitrogens with zero attached hydrogens (tertiary/aromatic N) is 2. The summed E-state index contributed by atoms with van der Waals surface area (Å²) in [6, 6.07) is 2.30. The van der Waals surface area contributed by atoms with Crippen molar-refractivity contribution in [3.05, 3.63) is 22.8 Å². The van der Waals surface area contributed by atoms with Crippen LogP contribution in [0.2, 0.25) is 5.02 Å². The summed E-state index contributed by atoms with van der Waals surface area (Å²) in [6.45, 7) is 4.90. The van der Waals surface area contributed by atoms with E-state index in [1.807, 2.05) is 6.07 Å². The number of anilines is 1. The molecular weight excluding hydrogens is 226 g/mol. The Bertz CT molecular complexity index is 372. The minimum absolute atomic E-state index is 0.341. The Hall–Kier alpha value is -0.840. The van der Waals surface area contributed by atoms with Gasteiger partial charge in [-0.25, -0.2) is 4.98 Å². The first-order valence-corrected chi connectivity index (χ1v) is 5.79. The van der Waals surface area contributed by atoms with Crippen molar-refractivity contribution in [1.82, 2.24) is 4.98 Å². The molecule has 1 fully saturated rings.